The second-order valence-corrected chi connectivity index (χ2v) is 5.50. The first kappa shape index (κ1) is 14.6. The third kappa shape index (κ3) is 3.59. The predicted octanol–water partition coefficient (Wildman–Crippen LogP) is 3.08. The van der Waals surface area contributed by atoms with Crippen LogP contribution in [0.5, 0.6) is 0 Å². The maximum absolute atomic E-state index is 12.2. The Balaban J connectivity index is 2.01. The quantitative estimate of drug-likeness (QED) is 0.887. The largest absolute Gasteiger partial charge is 0.478 e. The van der Waals surface area contributed by atoms with Crippen molar-refractivity contribution in [1.82, 2.24) is 5.32 Å². The minimum Gasteiger partial charge on any atom is -0.478 e. The van der Waals surface area contributed by atoms with Gasteiger partial charge >= 0.3 is 5.97 Å². The molecule has 1 amide bonds. The number of aromatic carboxylic acids is 1. The van der Waals surface area contributed by atoms with E-state index in [2.05, 4.69) is 12.2 Å². The third-order valence-corrected chi connectivity index (χ3v) is 4.07. The molecule has 0 spiro atoms. The number of amides is 1. The van der Waals surface area contributed by atoms with Crippen molar-refractivity contribution in [1.29, 1.82) is 0 Å². The molecule has 0 bridgehead atoms. The van der Waals surface area contributed by atoms with E-state index in [0.717, 1.165) is 25.7 Å². The molecule has 1 aromatic carbocycles. The summed E-state index contributed by atoms with van der Waals surface area (Å²) in [5, 5.41) is 12.0. The van der Waals surface area contributed by atoms with Crippen LogP contribution in [0.25, 0.3) is 0 Å². The van der Waals surface area contributed by atoms with Crippen LogP contribution in [-0.4, -0.2) is 23.0 Å². The average Bonchev–Trinajstić information content (AvgIpc) is 2.47. The summed E-state index contributed by atoms with van der Waals surface area (Å²) >= 11 is 0. The molecule has 0 heterocycles. The molecule has 0 saturated heterocycles. The van der Waals surface area contributed by atoms with Gasteiger partial charge in [-0.2, -0.15) is 0 Å². The van der Waals surface area contributed by atoms with Crippen LogP contribution >= 0.6 is 0 Å². The zero-order valence-corrected chi connectivity index (χ0v) is 11.8. The molecular formula is C16H21NO3. The molecule has 2 N–H and O–H groups in total. The van der Waals surface area contributed by atoms with Crippen molar-refractivity contribution in [2.45, 2.75) is 45.1 Å². The van der Waals surface area contributed by atoms with Crippen molar-refractivity contribution >= 4 is 11.9 Å². The van der Waals surface area contributed by atoms with Gasteiger partial charge in [0.25, 0.3) is 5.91 Å². The van der Waals surface area contributed by atoms with Crippen LogP contribution < -0.4 is 5.32 Å². The van der Waals surface area contributed by atoms with E-state index in [1.807, 2.05) is 0 Å². The molecular weight excluding hydrogens is 254 g/mol. The van der Waals surface area contributed by atoms with E-state index in [9.17, 15) is 9.59 Å². The number of hydrogen-bond acceptors (Lipinski definition) is 2. The Morgan fingerprint density at radius 2 is 2.05 bits per heavy atom. The fourth-order valence-electron chi connectivity index (χ4n) is 2.86. The van der Waals surface area contributed by atoms with Gasteiger partial charge in [-0.25, -0.2) is 4.79 Å². The molecule has 4 heteroatoms. The Kier molecular flexibility index (Phi) is 4.77. The summed E-state index contributed by atoms with van der Waals surface area (Å²) in [6.45, 7) is 2.19. The van der Waals surface area contributed by atoms with Crippen molar-refractivity contribution in [3.63, 3.8) is 0 Å². The fourth-order valence-corrected chi connectivity index (χ4v) is 2.86. The van der Waals surface area contributed by atoms with Gasteiger partial charge in [0.15, 0.2) is 0 Å². The SMILES string of the molecule is CCC1CCCC(NC(=O)c2cccc(C(=O)O)c2)C1. The van der Waals surface area contributed by atoms with Crippen molar-refractivity contribution < 1.29 is 14.7 Å². The molecule has 108 valence electrons. The van der Waals surface area contributed by atoms with Gasteiger partial charge in [0.2, 0.25) is 0 Å². The first-order valence-corrected chi connectivity index (χ1v) is 7.24. The highest BCUT2D eigenvalue weighted by atomic mass is 16.4. The Morgan fingerprint density at radius 3 is 2.75 bits per heavy atom. The lowest BCUT2D eigenvalue weighted by Crippen LogP contribution is -2.38. The average molecular weight is 275 g/mol. The van der Waals surface area contributed by atoms with Crippen molar-refractivity contribution in [2.75, 3.05) is 0 Å². The molecule has 1 fully saturated rings. The lowest BCUT2D eigenvalue weighted by molar-refractivity contribution is 0.0697. The first-order valence-electron chi connectivity index (χ1n) is 7.24. The molecule has 4 nitrogen and oxygen atoms in total. The van der Waals surface area contributed by atoms with Crippen molar-refractivity contribution in [3.8, 4) is 0 Å². The zero-order chi connectivity index (χ0) is 14.5. The highest BCUT2D eigenvalue weighted by Gasteiger charge is 2.22. The van der Waals surface area contributed by atoms with Crippen LogP contribution in [0.3, 0.4) is 0 Å². The molecule has 20 heavy (non-hydrogen) atoms. The smallest absolute Gasteiger partial charge is 0.335 e. The second kappa shape index (κ2) is 6.55. The van der Waals surface area contributed by atoms with E-state index >= 15 is 0 Å². The molecule has 2 rings (SSSR count). The number of carbonyl (C=O) groups is 2. The van der Waals surface area contributed by atoms with Crippen LogP contribution in [0.1, 0.15) is 59.7 Å². The Bertz CT molecular complexity index is 498. The van der Waals surface area contributed by atoms with Gasteiger partial charge < -0.3 is 10.4 Å². The number of rotatable bonds is 4. The molecule has 2 unspecified atom stereocenters. The molecule has 0 aliphatic heterocycles. The van der Waals surface area contributed by atoms with Crippen LogP contribution in [0.2, 0.25) is 0 Å². The van der Waals surface area contributed by atoms with Gasteiger partial charge in [-0.1, -0.05) is 32.3 Å². The van der Waals surface area contributed by atoms with Gasteiger partial charge in [0.1, 0.15) is 0 Å². The fraction of sp³-hybridized carbons (Fsp3) is 0.500. The number of carboxylic acid groups (broad SMARTS) is 1. The number of hydrogen-bond donors (Lipinski definition) is 2. The number of carbonyl (C=O) groups excluding carboxylic acids is 1. The summed E-state index contributed by atoms with van der Waals surface area (Å²) < 4.78 is 0. The van der Waals surface area contributed by atoms with E-state index in [1.165, 1.54) is 18.6 Å². The van der Waals surface area contributed by atoms with E-state index in [4.69, 9.17) is 5.11 Å². The van der Waals surface area contributed by atoms with E-state index in [-0.39, 0.29) is 17.5 Å². The Morgan fingerprint density at radius 1 is 1.30 bits per heavy atom. The summed E-state index contributed by atoms with van der Waals surface area (Å²) in [5.41, 5.74) is 0.566. The summed E-state index contributed by atoms with van der Waals surface area (Å²) in [5.74, 6) is -0.488. The molecule has 0 aromatic heterocycles. The highest BCUT2D eigenvalue weighted by molar-refractivity contribution is 5.97. The molecule has 1 aromatic rings. The molecule has 1 aliphatic carbocycles. The zero-order valence-electron chi connectivity index (χ0n) is 11.8. The van der Waals surface area contributed by atoms with Gasteiger partial charge in [-0.05, 0) is 37.0 Å². The maximum Gasteiger partial charge on any atom is 0.335 e. The number of carboxylic acids is 1. The van der Waals surface area contributed by atoms with Gasteiger partial charge in [0.05, 0.1) is 5.56 Å². The van der Waals surface area contributed by atoms with Crippen LogP contribution in [-0.2, 0) is 0 Å². The third-order valence-electron chi connectivity index (χ3n) is 4.07. The minimum absolute atomic E-state index is 0.146. The monoisotopic (exact) mass is 275 g/mol. The summed E-state index contributed by atoms with van der Waals surface area (Å²) in [6.07, 6.45) is 5.60. The van der Waals surface area contributed by atoms with Crippen molar-refractivity contribution in [3.05, 3.63) is 35.4 Å². The summed E-state index contributed by atoms with van der Waals surface area (Å²) in [7, 11) is 0. The van der Waals surface area contributed by atoms with Gasteiger partial charge in [-0.3, -0.25) is 4.79 Å². The summed E-state index contributed by atoms with van der Waals surface area (Å²) in [6, 6.07) is 6.40. The van der Waals surface area contributed by atoms with E-state index in [0.29, 0.717) is 11.5 Å². The lowest BCUT2D eigenvalue weighted by Gasteiger charge is -2.29. The van der Waals surface area contributed by atoms with Gasteiger partial charge in [0, 0.05) is 11.6 Å². The number of nitrogens with one attached hydrogen (secondary N) is 1. The first-order chi connectivity index (χ1) is 9.60. The molecule has 1 saturated carbocycles. The highest BCUT2D eigenvalue weighted by Crippen LogP contribution is 2.26. The van der Waals surface area contributed by atoms with Crippen molar-refractivity contribution in [2.24, 2.45) is 5.92 Å². The number of benzene rings is 1. The predicted molar refractivity (Wildman–Crippen MR) is 76.9 cm³/mol. The summed E-state index contributed by atoms with van der Waals surface area (Å²) in [4.78, 5) is 23.1. The van der Waals surface area contributed by atoms with Crippen LogP contribution in [0, 0.1) is 5.92 Å². The minimum atomic E-state index is -1.01. The second-order valence-electron chi connectivity index (χ2n) is 5.50. The Hall–Kier alpha value is -1.84. The molecule has 0 radical (unpaired) electrons. The lowest BCUT2D eigenvalue weighted by atomic mass is 9.84. The molecule has 2 atom stereocenters. The van der Waals surface area contributed by atoms with E-state index < -0.39 is 5.97 Å². The maximum atomic E-state index is 12.2. The van der Waals surface area contributed by atoms with Crippen LogP contribution in [0.4, 0.5) is 0 Å². The topological polar surface area (TPSA) is 66.4 Å². The molecule has 1 aliphatic rings. The Labute approximate surface area is 119 Å². The van der Waals surface area contributed by atoms with Crippen LogP contribution in [0.15, 0.2) is 24.3 Å². The van der Waals surface area contributed by atoms with Gasteiger partial charge in [-0.15, -0.1) is 0 Å². The van der Waals surface area contributed by atoms with E-state index in [1.54, 1.807) is 12.1 Å². The standard InChI is InChI=1S/C16H21NO3/c1-2-11-5-3-8-14(9-11)17-15(18)12-6-4-7-13(10-12)16(19)20/h4,6-7,10-11,14H,2-3,5,8-9H2,1H3,(H,17,18)(H,19,20). The normalized spacial score (nSPS) is 22.2.